The zero-order valence-corrected chi connectivity index (χ0v) is 14.2. The molecule has 1 fully saturated rings. The monoisotopic (exact) mass is 312 g/mol. The van der Waals surface area contributed by atoms with Crippen molar-refractivity contribution in [3.63, 3.8) is 0 Å². The highest BCUT2D eigenvalue weighted by atomic mass is 15.4. The molecule has 0 bridgehead atoms. The number of aromatic nitrogens is 3. The Morgan fingerprint density at radius 3 is 2.52 bits per heavy atom. The fourth-order valence-electron chi connectivity index (χ4n) is 3.64. The third-order valence-corrected chi connectivity index (χ3v) is 5.14. The summed E-state index contributed by atoms with van der Waals surface area (Å²) in [6.45, 7) is 2.64. The van der Waals surface area contributed by atoms with Gasteiger partial charge in [-0.15, -0.1) is 5.10 Å². The molecule has 0 saturated heterocycles. The molecule has 0 spiro atoms. The van der Waals surface area contributed by atoms with E-state index in [4.69, 9.17) is 5.73 Å². The van der Waals surface area contributed by atoms with E-state index in [2.05, 4.69) is 41.5 Å². The summed E-state index contributed by atoms with van der Waals surface area (Å²) in [4.78, 5) is 0. The SMILES string of the molecule is CCc1ccc(-n2nnc(CN)c2CCC2CCCCC2)cc1. The second kappa shape index (κ2) is 7.73. The van der Waals surface area contributed by atoms with Crippen LogP contribution in [0.5, 0.6) is 0 Å². The molecule has 4 heteroatoms. The maximum atomic E-state index is 5.88. The quantitative estimate of drug-likeness (QED) is 0.882. The van der Waals surface area contributed by atoms with Crippen molar-refractivity contribution in [2.45, 2.75) is 64.8 Å². The second-order valence-corrected chi connectivity index (χ2v) is 6.66. The number of benzene rings is 1. The highest BCUT2D eigenvalue weighted by molar-refractivity contribution is 5.36. The molecule has 0 atom stereocenters. The van der Waals surface area contributed by atoms with Gasteiger partial charge in [0.15, 0.2) is 0 Å². The molecule has 0 aliphatic heterocycles. The number of nitrogens with two attached hydrogens (primary N) is 1. The molecule has 1 saturated carbocycles. The van der Waals surface area contributed by atoms with E-state index >= 15 is 0 Å². The number of hydrogen-bond acceptors (Lipinski definition) is 3. The minimum absolute atomic E-state index is 0.465. The molecule has 3 rings (SSSR count). The summed E-state index contributed by atoms with van der Waals surface area (Å²) in [5.41, 5.74) is 10.5. The van der Waals surface area contributed by atoms with E-state index in [9.17, 15) is 0 Å². The molecule has 4 nitrogen and oxygen atoms in total. The van der Waals surface area contributed by atoms with Gasteiger partial charge >= 0.3 is 0 Å². The molecule has 1 aromatic carbocycles. The molecule has 2 aromatic rings. The summed E-state index contributed by atoms with van der Waals surface area (Å²) < 4.78 is 1.99. The molecule has 1 aliphatic carbocycles. The van der Waals surface area contributed by atoms with E-state index in [-0.39, 0.29) is 0 Å². The summed E-state index contributed by atoms with van der Waals surface area (Å²) in [5, 5.41) is 8.67. The predicted molar refractivity (Wildman–Crippen MR) is 93.5 cm³/mol. The minimum atomic E-state index is 0.465. The Labute approximate surface area is 139 Å². The first kappa shape index (κ1) is 16.2. The van der Waals surface area contributed by atoms with E-state index < -0.39 is 0 Å². The summed E-state index contributed by atoms with van der Waals surface area (Å²) in [7, 11) is 0. The molecule has 2 N–H and O–H groups in total. The van der Waals surface area contributed by atoms with E-state index in [1.165, 1.54) is 49.8 Å². The van der Waals surface area contributed by atoms with Crippen molar-refractivity contribution in [1.29, 1.82) is 0 Å². The van der Waals surface area contributed by atoms with Gasteiger partial charge in [-0.25, -0.2) is 4.68 Å². The van der Waals surface area contributed by atoms with Crippen LogP contribution in [-0.4, -0.2) is 15.0 Å². The average molecular weight is 312 g/mol. The van der Waals surface area contributed by atoms with Crippen LogP contribution >= 0.6 is 0 Å². The Balaban J connectivity index is 1.78. The molecule has 0 amide bonds. The molecule has 23 heavy (non-hydrogen) atoms. The Hall–Kier alpha value is -1.68. The van der Waals surface area contributed by atoms with Crippen LogP contribution in [-0.2, 0) is 19.4 Å². The van der Waals surface area contributed by atoms with Crippen molar-refractivity contribution in [3.8, 4) is 5.69 Å². The number of aryl methyl sites for hydroxylation is 1. The van der Waals surface area contributed by atoms with Gasteiger partial charge < -0.3 is 5.73 Å². The third-order valence-electron chi connectivity index (χ3n) is 5.14. The topological polar surface area (TPSA) is 56.7 Å². The number of hydrogen-bond donors (Lipinski definition) is 1. The van der Waals surface area contributed by atoms with E-state index in [1.54, 1.807) is 0 Å². The first-order chi connectivity index (χ1) is 11.3. The smallest absolute Gasteiger partial charge is 0.0999 e. The van der Waals surface area contributed by atoms with Crippen LogP contribution in [0.25, 0.3) is 5.69 Å². The lowest BCUT2D eigenvalue weighted by atomic mass is 9.85. The maximum Gasteiger partial charge on any atom is 0.0999 e. The van der Waals surface area contributed by atoms with Gasteiger partial charge in [-0.2, -0.15) is 0 Å². The number of nitrogens with zero attached hydrogens (tertiary/aromatic N) is 3. The van der Waals surface area contributed by atoms with Crippen molar-refractivity contribution in [3.05, 3.63) is 41.2 Å². The highest BCUT2D eigenvalue weighted by Crippen LogP contribution is 2.28. The Bertz CT molecular complexity index is 609. The fourth-order valence-corrected chi connectivity index (χ4v) is 3.64. The molecule has 1 aromatic heterocycles. The zero-order valence-electron chi connectivity index (χ0n) is 14.2. The third kappa shape index (κ3) is 3.81. The molecule has 124 valence electrons. The van der Waals surface area contributed by atoms with Gasteiger partial charge in [0.05, 0.1) is 17.1 Å². The van der Waals surface area contributed by atoms with Gasteiger partial charge in [-0.1, -0.05) is 56.4 Å². The van der Waals surface area contributed by atoms with Crippen molar-refractivity contribution in [2.75, 3.05) is 0 Å². The van der Waals surface area contributed by atoms with Gasteiger partial charge in [-0.05, 0) is 42.9 Å². The van der Waals surface area contributed by atoms with Gasteiger partial charge in [0, 0.05) is 6.54 Å². The normalized spacial score (nSPS) is 15.9. The first-order valence-electron chi connectivity index (χ1n) is 9.04. The molecule has 1 heterocycles. The largest absolute Gasteiger partial charge is 0.325 e. The van der Waals surface area contributed by atoms with Gasteiger partial charge in [0.1, 0.15) is 0 Å². The lowest BCUT2D eigenvalue weighted by molar-refractivity contribution is 0.337. The van der Waals surface area contributed by atoms with E-state index in [0.717, 1.165) is 30.1 Å². The summed E-state index contributed by atoms with van der Waals surface area (Å²) in [5.74, 6) is 0.861. The van der Waals surface area contributed by atoms with Crippen LogP contribution < -0.4 is 5.73 Å². The van der Waals surface area contributed by atoms with Crippen molar-refractivity contribution >= 4 is 0 Å². The zero-order chi connectivity index (χ0) is 16.1. The van der Waals surface area contributed by atoms with Gasteiger partial charge in [-0.3, -0.25) is 0 Å². The Morgan fingerprint density at radius 2 is 1.87 bits per heavy atom. The van der Waals surface area contributed by atoms with Crippen molar-refractivity contribution in [2.24, 2.45) is 11.7 Å². The van der Waals surface area contributed by atoms with E-state index in [0.29, 0.717) is 6.54 Å². The van der Waals surface area contributed by atoms with Crippen LogP contribution in [0.3, 0.4) is 0 Å². The summed E-state index contributed by atoms with van der Waals surface area (Å²) in [6, 6.07) is 8.62. The minimum Gasteiger partial charge on any atom is -0.325 e. The summed E-state index contributed by atoms with van der Waals surface area (Å²) >= 11 is 0. The highest BCUT2D eigenvalue weighted by Gasteiger charge is 2.18. The van der Waals surface area contributed by atoms with Gasteiger partial charge in [0.25, 0.3) is 0 Å². The summed E-state index contributed by atoms with van der Waals surface area (Å²) in [6.07, 6.45) is 10.3. The van der Waals surface area contributed by atoms with Crippen molar-refractivity contribution < 1.29 is 0 Å². The maximum absolute atomic E-state index is 5.88. The lowest BCUT2D eigenvalue weighted by Gasteiger charge is -2.21. The molecule has 0 unspecified atom stereocenters. The van der Waals surface area contributed by atoms with Crippen LogP contribution in [0.1, 0.15) is 62.4 Å². The van der Waals surface area contributed by atoms with Crippen LogP contribution in [0, 0.1) is 5.92 Å². The van der Waals surface area contributed by atoms with Crippen LogP contribution in [0.4, 0.5) is 0 Å². The lowest BCUT2D eigenvalue weighted by Crippen LogP contribution is -2.11. The number of rotatable bonds is 6. The molecule has 1 aliphatic rings. The second-order valence-electron chi connectivity index (χ2n) is 6.66. The fraction of sp³-hybridized carbons (Fsp3) is 0.579. The molecular weight excluding hydrogens is 284 g/mol. The average Bonchev–Trinajstić information content (AvgIpc) is 3.04. The molecular formula is C19H28N4. The van der Waals surface area contributed by atoms with Crippen LogP contribution in [0.15, 0.2) is 24.3 Å². The van der Waals surface area contributed by atoms with Crippen LogP contribution in [0.2, 0.25) is 0 Å². The predicted octanol–water partition coefficient (Wildman–Crippen LogP) is 3.80. The van der Waals surface area contributed by atoms with Crippen molar-refractivity contribution in [1.82, 2.24) is 15.0 Å². The Morgan fingerprint density at radius 1 is 1.13 bits per heavy atom. The first-order valence-corrected chi connectivity index (χ1v) is 9.04. The Kier molecular flexibility index (Phi) is 5.44. The van der Waals surface area contributed by atoms with Gasteiger partial charge in [0.2, 0.25) is 0 Å². The standard InChI is InChI=1S/C19H28N4/c1-2-15-8-11-17(12-9-15)23-19(18(14-20)21-22-23)13-10-16-6-4-3-5-7-16/h8-9,11-12,16H,2-7,10,13-14,20H2,1H3. The molecule has 0 radical (unpaired) electrons. The van der Waals surface area contributed by atoms with E-state index in [1.807, 2.05) is 4.68 Å².